The van der Waals surface area contributed by atoms with Gasteiger partial charge in [-0.2, -0.15) is 5.10 Å². The molecule has 0 radical (unpaired) electrons. The van der Waals surface area contributed by atoms with Gasteiger partial charge in [0.2, 0.25) is 0 Å². The van der Waals surface area contributed by atoms with E-state index in [1.54, 1.807) is 7.05 Å². The normalized spacial score (nSPS) is 15.7. The number of piperidine rings is 1. The first-order chi connectivity index (χ1) is 11.5. The molecular weight excluding hydrogens is 433 g/mol. The number of aliphatic imine (C=N–C) groups is 1. The van der Waals surface area contributed by atoms with Gasteiger partial charge in [0.25, 0.3) is 0 Å². The van der Waals surface area contributed by atoms with Gasteiger partial charge in [-0.25, -0.2) is 0 Å². The van der Waals surface area contributed by atoms with Crippen molar-refractivity contribution in [2.45, 2.75) is 39.7 Å². The molecule has 2 rings (SSSR count). The molecule has 1 aliphatic heterocycles. The van der Waals surface area contributed by atoms with E-state index >= 15 is 0 Å². The number of nitrogens with one attached hydrogen (secondary N) is 1. The predicted octanol–water partition coefficient (Wildman–Crippen LogP) is 1.97. The van der Waals surface area contributed by atoms with Crippen molar-refractivity contribution in [1.29, 1.82) is 0 Å². The molecule has 8 heteroatoms. The Morgan fingerprint density at radius 3 is 2.60 bits per heavy atom. The van der Waals surface area contributed by atoms with E-state index < -0.39 is 0 Å². The lowest BCUT2D eigenvalue weighted by Crippen LogP contribution is -2.47. The van der Waals surface area contributed by atoms with Crippen LogP contribution in [0, 0.1) is 19.8 Å². The zero-order chi connectivity index (χ0) is 17.5. The highest BCUT2D eigenvalue weighted by Gasteiger charge is 2.26. The van der Waals surface area contributed by atoms with Crippen molar-refractivity contribution >= 4 is 35.9 Å². The van der Waals surface area contributed by atoms with Crippen molar-refractivity contribution in [2.24, 2.45) is 10.9 Å². The molecular formula is C17H30IN5O2. The van der Waals surface area contributed by atoms with Crippen LogP contribution >= 0.6 is 24.0 Å². The first-order valence-electron chi connectivity index (χ1n) is 8.59. The molecule has 0 atom stereocenters. The lowest BCUT2D eigenvalue weighted by Gasteiger charge is -2.33. The number of aromatic nitrogens is 2. The van der Waals surface area contributed by atoms with Crippen LogP contribution in [0.25, 0.3) is 0 Å². The Morgan fingerprint density at radius 1 is 1.40 bits per heavy atom. The van der Waals surface area contributed by atoms with Gasteiger partial charge in [0.05, 0.1) is 18.7 Å². The van der Waals surface area contributed by atoms with E-state index in [4.69, 9.17) is 4.74 Å². The van der Waals surface area contributed by atoms with Crippen LogP contribution in [0.2, 0.25) is 0 Å². The lowest BCUT2D eigenvalue weighted by molar-refractivity contribution is -0.146. The monoisotopic (exact) mass is 463 g/mol. The molecule has 0 bridgehead atoms. The minimum Gasteiger partial charge on any atom is -0.469 e. The van der Waals surface area contributed by atoms with Crippen LogP contribution in [0.15, 0.2) is 11.1 Å². The van der Waals surface area contributed by atoms with E-state index in [1.807, 2.05) is 11.6 Å². The summed E-state index contributed by atoms with van der Waals surface area (Å²) in [6, 6.07) is 2.10. The molecule has 1 aliphatic rings. The number of halogens is 1. The SMILES string of the molecule is CN=C(NCCCn1nc(C)cc1C)N1CCC(C(=O)OC)CC1.I. The molecule has 0 unspecified atom stereocenters. The highest BCUT2D eigenvalue weighted by molar-refractivity contribution is 14.0. The molecule has 0 aromatic carbocycles. The second-order valence-electron chi connectivity index (χ2n) is 6.26. The number of aryl methyl sites for hydroxylation is 3. The number of esters is 1. The average Bonchev–Trinajstić information content (AvgIpc) is 2.92. The maximum atomic E-state index is 11.6. The second kappa shape index (κ2) is 10.6. The molecule has 142 valence electrons. The molecule has 0 aliphatic carbocycles. The molecule has 1 saturated heterocycles. The first kappa shape index (κ1) is 21.7. The average molecular weight is 463 g/mol. The molecule has 0 amide bonds. The smallest absolute Gasteiger partial charge is 0.308 e. The molecule has 1 aromatic heterocycles. The number of guanidine groups is 1. The maximum Gasteiger partial charge on any atom is 0.308 e. The minimum absolute atomic E-state index is 0. The summed E-state index contributed by atoms with van der Waals surface area (Å²) in [5, 5.41) is 7.89. The van der Waals surface area contributed by atoms with Gasteiger partial charge in [-0.15, -0.1) is 24.0 Å². The van der Waals surface area contributed by atoms with Crippen LogP contribution in [0.4, 0.5) is 0 Å². The van der Waals surface area contributed by atoms with Crippen molar-refractivity contribution in [3.63, 3.8) is 0 Å². The van der Waals surface area contributed by atoms with Gasteiger partial charge in [-0.1, -0.05) is 0 Å². The first-order valence-corrected chi connectivity index (χ1v) is 8.59. The Hall–Kier alpha value is -1.32. The number of carbonyl (C=O) groups is 1. The third-order valence-corrected chi connectivity index (χ3v) is 4.47. The van der Waals surface area contributed by atoms with Crippen LogP contribution in [0.3, 0.4) is 0 Å². The van der Waals surface area contributed by atoms with Crippen molar-refractivity contribution < 1.29 is 9.53 Å². The lowest BCUT2D eigenvalue weighted by atomic mass is 9.97. The van der Waals surface area contributed by atoms with Gasteiger partial charge in [0.15, 0.2) is 5.96 Å². The summed E-state index contributed by atoms with van der Waals surface area (Å²) in [6.07, 6.45) is 2.62. The fraction of sp³-hybridized carbons (Fsp3) is 0.706. The minimum atomic E-state index is -0.0949. The third kappa shape index (κ3) is 6.16. The summed E-state index contributed by atoms with van der Waals surface area (Å²) in [7, 11) is 3.26. The Bertz CT molecular complexity index is 580. The largest absolute Gasteiger partial charge is 0.469 e. The Balaban J connectivity index is 0.00000312. The van der Waals surface area contributed by atoms with Crippen LogP contribution in [0.5, 0.6) is 0 Å². The summed E-state index contributed by atoms with van der Waals surface area (Å²) in [5.41, 5.74) is 2.26. The summed E-state index contributed by atoms with van der Waals surface area (Å²) in [6.45, 7) is 7.50. The predicted molar refractivity (Wildman–Crippen MR) is 109 cm³/mol. The number of likely N-dealkylation sites (tertiary alicyclic amines) is 1. The molecule has 7 nitrogen and oxygen atoms in total. The van der Waals surface area contributed by atoms with E-state index in [1.165, 1.54) is 12.8 Å². The molecule has 2 heterocycles. The Kier molecular flexibility index (Phi) is 9.23. The van der Waals surface area contributed by atoms with E-state index in [-0.39, 0.29) is 35.9 Å². The molecule has 0 saturated carbocycles. The van der Waals surface area contributed by atoms with E-state index in [9.17, 15) is 4.79 Å². The summed E-state index contributed by atoms with van der Waals surface area (Å²) in [4.78, 5) is 18.2. The number of rotatable bonds is 5. The number of carbonyl (C=O) groups excluding carboxylic acids is 1. The number of ether oxygens (including phenoxy) is 1. The van der Waals surface area contributed by atoms with E-state index in [0.29, 0.717) is 0 Å². The van der Waals surface area contributed by atoms with Gasteiger partial charge >= 0.3 is 5.97 Å². The number of nitrogens with zero attached hydrogens (tertiary/aromatic N) is 4. The van der Waals surface area contributed by atoms with Crippen molar-refractivity contribution in [3.05, 3.63) is 17.5 Å². The fourth-order valence-corrected chi connectivity index (χ4v) is 3.16. The fourth-order valence-electron chi connectivity index (χ4n) is 3.16. The van der Waals surface area contributed by atoms with Crippen molar-refractivity contribution in [2.75, 3.05) is 33.8 Å². The second-order valence-corrected chi connectivity index (χ2v) is 6.26. The van der Waals surface area contributed by atoms with Crippen LogP contribution < -0.4 is 5.32 Å². The molecule has 25 heavy (non-hydrogen) atoms. The Labute approximate surface area is 167 Å². The maximum absolute atomic E-state index is 11.6. The Morgan fingerprint density at radius 2 is 2.08 bits per heavy atom. The standard InChI is InChI=1S/C17H29N5O2.HI/c1-13-12-14(2)22(20-13)9-5-8-19-17(18-3)21-10-6-15(7-11-21)16(23)24-4;/h12,15H,5-11H2,1-4H3,(H,18,19);1H. The van der Waals surface area contributed by atoms with Gasteiger partial charge in [0, 0.05) is 38.9 Å². The van der Waals surface area contributed by atoms with Crippen molar-refractivity contribution in [3.8, 4) is 0 Å². The third-order valence-electron chi connectivity index (χ3n) is 4.47. The van der Waals surface area contributed by atoms with E-state index in [0.717, 1.165) is 57.1 Å². The zero-order valence-electron chi connectivity index (χ0n) is 15.6. The zero-order valence-corrected chi connectivity index (χ0v) is 17.9. The molecule has 1 N–H and O–H groups in total. The van der Waals surface area contributed by atoms with E-state index in [2.05, 4.69) is 33.3 Å². The molecule has 1 aromatic rings. The topological polar surface area (TPSA) is 71.8 Å². The summed E-state index contributed by atoms with van der Waals surface area (Å²) in [5.74, 6) is 0.838. The number of methoxy groups -OCH3 is 1. The highest BCUT2D eigenvalue weighted by Crippen LogP contribution is 2.18. The van der Waals surface area contributed by atoms with Gasteiger partial charge in [-0.3, -0.25) is 14.5 Å². The summed E-state index contributed by atoms with van der Waals surface area (Å²) < 4.78 is 6.88. The number of hydrogen-bond donors (Lipinski definition) is 1. The summed E-state index contributed by atoms with van der Waals surface area (Å²) >= 11 is 0. The quantitative estimate of drug-likeness (QED) is 0.238. The molecule has 1 fully saturated rings. The van der Waals surface area contributed by atoms with Crippen LogP contribution in [-0.2, 0) is 16.1 Å². The van der Waals surface area contributed by atoms with Crippen LogP contribution in [-0.4, -0.2) is 60.4 Å². The van der Waals surface area contributed by atoms with Gasteiger partial charge in [-0.05, 0) is 39.2 Å². The van der Waals surface area contributed by atoms with Gasteiger partial charge in [0.1, 0.15) is 0 Å². The van der Waals surface area contributed by atoms with Crippen LogP contribution in [0.1, 0.15) is 30.7 Å². The number of hydrogen-bond acceptors (Lipinski definition) is 4. The van der Waals surface area contributed by atoms with Crippen molar-refractivity contribution in [1.82, 2.24) is 20.0 Å². The van der Waals surface area contributed by atoms with Gasteiger partial charge < -0.3 is 15.0 Å². The molecule has 0 spiro atoms. The highest BCUT2D eigenvalue weighted by atomic mass is 127.